The van der Waals surface area contributed by atoms with Gasteiger partial charge in [0.2, 0.25) is 0 Å². The topological polar surface area (TPSA) is 43.9 Å². The van der Waals surface area contributed by atoms with Gasteiger partial charge in [-0.3, -0.25) is 4.57 Å². The molecule has 0 bridgehead atoms. The standard InChI is InChI=1S/C21H17N3O/c1-12-7-6-8-13(2)19(12)24-11-22-17-15-9-4-5-10-16(15)18-21(20(17)24)25-14(3)23-18/h4-11H,1-3H3. The number of nitrogens with zero attached hydrogens (tertiary/aromatic N) is 3. The van der Waals surface area contributed by atoms with Crippen LogP contribution in [0.2, 0.25) is 0 Å². The van der Waals surface area contributed by atoms with Crippen LogP contribution in [0.4, 0.5) is 0 Å². The van der Waals surface area contributed by atoms with Crippen molar-refractivity contribution in [2.75, 3.05) is 0 Å². The van der Waals surface area contributed by atoms with E-state index in [1.807, 2.05) is 25.4 Å². The van der Waals surface area contributed by atoms with Crippen LogP contribution < -0.4 is 0 Å². The highest BCUT2D eigenvalue weighted by Crippen LogP contribution is 2.36. The van der Waals surface area contributed by atoms with Gasteiger partial charge in [0, 0.05) is 17.7 Å². The third-order valence-electron chi connectivity index (χ3n) is 4.83. The molecule has 0 unspecified atom stereocenters. The molecule has 3 aromatic carbocycles. The number of rotatable bonds is 1. The van der Waals surface area contributed by atoms with E-state index < -0.39 is 0 Å². The smallest absolute Gasteiger partial charge is 0.192 e. The molecule has 0 saturated heterocycles. The molecule has 2 aromatic heterocycles. The molecule has 4 nitrogen and oxygen atoms in total. The summed E-state index contributed by atoms with van der Waals surface area (Å²) in [4.78, 5) is 9.38. The van der Waals surface area contributed by atoms with Gasteiger partial charge in [-0.1, -0.05) is 42.5 Å². The maximum Gasteiger partial charge on any atom is 0.192 e. The summed E-state index contributed by atoms with van der Waals surface area (Å²) in [5, 5.41) is 2.18. The number of imidazole rings is 1. The summed E-state index contributed by atoms with van der Waals surface area (Å²) in [6.45, 7) is 6.14. The molecule has 0 radical (unpaired) electrons. The van der Waals surface area contributed by atoms with Crippen LogP contribution in [0, 0.1) is 20.8 Å². The normalized spacial score (nSPS) is 11.8. The number of para-hydroxylation sites is 1. The lowest BCUT2D eigenvalue weighted by atomic mass is 10.1. The lowest BCUT2D eigenvalue weighted by Gasteiger charge is -2.12. The van der Waals surface area contributed by atoms with Gasteiger partial charge in [-0.15, -0.1) is 0 Å². The highest BCUT2D eigenvalue weighted by Gasteiger charge is 2.19. The van der Waals surface area contributed by atoms with E-state index in [1.54, 1.807) is 0 Å². The van der Waals surface area contributed by atoms with E-state index in [2.05, 4.69) is 53.7 Å². The third-order valence-corrected chi connectivity index (χ3v) is 4.83. The fraction of sp³-hybridized carbons (Fsp3) is 0.143. The Balaban J connectivity index is 2.05. The average molecular weight is 327 g/mol. The molecular formula is C21H17N3O. The maximum atomic E-state index is 6.02. The van der Waals surface area contributed by atoms with Crippen molar-refractivity contribution in [1.82, 2.24) is 14.5 Å². The predicted molar refractivity (Wildman–Crippen MR) is 100 cm³/mol. The Morgan fingerprint density at radius 1 is 0.840 bits per heavy atom. The first-order valence-electron chi connectivity index (χ1n) is 8.36. The van der Waals surface area contributed by atoms with Gasteiger partial charge in [-0.25, -0.2) is 9.97 Å². The SMILES string of the molecule is Cc1nc2c3ccccc3c3ncn(-c4c(C)cccc4C)c3c2o1. The molecule has 0 amide bonds. The van der Waals surface area contributed by atoms with Gasteiger partial charge in [-0.2, -0.15) is 0 Å². The summed E-state index contributed by atoms with van der Waals surface area (Å²) < 4.78 is 8.16. The van der Waals surface area contributed by atoms with Gasteiger partial charge >= 0.3 is 0 Å². The second-order valence-electron chi connectivity index (χ2n) is 6.51. The van der Waals surface area contributed by atoms with Crippen LogP contribution in [-0.4, -0.2) is 14.5 Å². The first-order valence-corrected chi connectivity index (χ1v) is 8.36. The summed E-state index contributed by atoms with van der Waals surface area (Å²) in [6.07, 6.45) is 1.89. The fourth-order valence-corrected chi connectivity index (χ4v) is 3.78. The van der Waals surface area contributed by atoms with Crippen LogP contribution in [0.1, 0.15) is 17.0 Å². The Bertz CT molecular complexity index is 1260. The summed E-state index contributed by atoms with van der Waals surface area (Å²) in [5.74, 6) is 0.668. The largest absolute Gasteiger partial charge is 0.439 e. The number of fused-ring (bicyclic) bond motifs is 6. The number of hydrogen-bond donors (Lipinski definition) is 0. The highest BCUT2D eigenvalue weighted by atomic mass is 16.3. The summed E-state index contributed by atoms with van der Waals surface area (Å²) >= 11 is 0. The van der Waals surface area contributed by atoms with Crippen LogP contribution in [0.5, 0.6) is 0 Å². The summed E-state index contributed by atoms with van der Waals surface area (Å²) in [6, 6.07) is 14.6. The lowest BCUT2D eigenvalue weighted by molar-refractivity contribution is 0.562. The zero-order valence-electron chi connectivity index (χ0n) is 14.4. The van der Waals surface area contributed by atoms with Gasteiger partial charge in [0.05, 0.1) is 5.69 Å². The van der Waals surface area contributed by atoms with E-state index in [0.717, 1.165) is 38.6 Å². The molecule has 5 aromatic rings. The zero-order valence-corrected chi connectivity index (χ0v) is 14.4. The number of benzene rings is 3. The molecule has 0 aliphatic heterocycles. The molecule has 4 heteroatoms. The molecule has 0 aliphatic rings. The molecule has 25 heavy (non-hydrogen) atoms. The Hall–Kier alpha value is -3.14. The molecule has 122 valence electrons. The van der Waals surface area contributed by atoms with Crippen LogP contribution in [0.3, 0.4) is 0 Å². The molecule has 0 N–H and O–H groups in total. The summed E-state index contributed by atoms with van der Waals surface area (Å²) in [7, 11) is 0. The van der Waals surface area contributed by atoms with E-state index >= 15 is 0 Å². The molecule has 0 aliphatic carbocycles. The first-order chi connectivity index (χ1) is 12.1. The van der Waals surface area contributed by atoms with E-state index in [-0.39, 0.29) is 0 Å². The third kappa shape index (κ3) is 1.88. The molecular weight excluding hydrogens is 310 g/mol. The quantitative estimate of drug-likeness (QED) is 0.422. The van der Waals surface area contributed by atoms with Crippen LogP contribution in [-0.2, 0) is 0 Å². The number of aromatic nitrogens is 3. The second-order valence-corrected chi connectivity index (χ2v) is 6.51. The minimum atomic E-state index is 0.668. The van der Waals surface area contributed by atoms with Crippen LogP contribution in [0.25, 0.3) is 38.6 Å². The summed E-state index contributed by atoms with van der Waals surface area (Å²) in [5.41, 5.74) is 7.18. The van der Waals surface area contributed by atoms with Crippen molar-refractivity contribution in [3.8, 4) is 5.69 Å². The number of aryl methyl sites for hydroxylation is 3. The van der Waals surface area contributed by atoms with Gasteiger partial charge in [-0.05, 0) is 25.0 Å². The monoisotopic (exact) mass is 327 g/mol. The van der Waals surface area contributed by atoms with Crippen molar-refractivity contribution < 1.29 is 4.42 Å². The second kappa shape index (κ2) is 4.93. The fourth-order valence-electron chi connectivity index (χ4n) is 3.78. The molecule has 0 spiro atoms. The zero-order chi connectivity index (χ0) is 17.1. The van der Waals surface area contributed by atoms with E-state index in [0.29, 0.717) is 5.89 Å². The van der Waals surface area contributed by atoms with Crippen molar-refractivity contribution in [3.63, 3.8) is 0 Å². The van der Waals surface area contributed by atoms with Gasteiger partial charge < -0.3 is 4.42 Å². The van der Waals surface area contributed by atoms with Crippen molar-refractivity contribution in [2.45, 2.75) is 20.8 Å². The molecule has 0 atom stereocenters. The highest BCUT2D eigenvalue weighted by molar-refractivity contribution is 6.20. The maximum absolute atomic E-state index is 6.02. The van der Waals surface area contributed by atoms with Crippen molar-refractivity contribution in [2.24, 2.45) is 0 Å². The van der Waals surface area contributed by atoms with Crippen molar-refractivity contribution in [3.05, 3.63) is 65.8 Å². The molecule has 2 heterocycles. The first kappa shape index (κ1) is 14.2. The van der Waals surface area contributed by atoms with Gasteiger partial charge in [0.25, 0.3) is 0 Å². The minimum Gasteiger partial charge on any atom is -0.439 e. The minimum absolute atomic E-state index is 0.668. The lowest BCUT2D eigenvalue weighted by Crippen LogP contribution is -1.98. The Morgan fingerprint density at radius 3 is 2.24 bits per heavy atom. The van der Waals surface area contributed by atoms with E-state index in [4.69, 9.17) is 9.40 Å². The molecule has 0 fully saturated rings. The number of oxazole rings is 1. The van der Waals surface area contributed by atoms with Crippen molar-refractivity contribution >= 4 is 32.9 Å². The predicted octanol–water partition coefficient (Wildman–Crippen LogP) is 5.25. The molecule has 0 saturated carbocycles. The van der Waals surface area contributed by atoms with Crippen LogP contribution in [0.15, 0.2) is 53.2 Å². The van der Waals surface area contributed by atoms with E-state index in [1.165, 1.54) is 11.1 Å². The molecule has 5 rings (SSSR count). The van der Waals surface area contributed by atoms with Crippen LogP contribution >= 0.6 is 0 Å². The van der Waals surface area contributed by atoms with Crippen molar-refractivity contribution in [1.29, 1.82) is 0 Å². The van der Waals surface area contributed by atoms with Gasteiger partial charge in [0.15, 0.2) is 11.5 Å². The Labute approximate surface area is 144 Å². The van der Waals surface area contributed by atoms with Gasteiger partial charge in [0.1, 0.15) is 22.9 Å². The average Bonchev–Trinajstić information content (AvgIpc) is 3.19. The Kier molecular flexibility index (Phi) is 2.80. The Morgan fingerprint density at radius 2 is 1.52 bits per heavy atom. The number of hydrogen-bond acceptors (Lipinski definition) is 3. The van der Waals surface area contributed by atoms with E-state index in [9.17, 15) is 0 Å².